The molecule has 0 radical (unpaired) electrons. The van der Waals surface area contributed by atoms with Crippen LogP contribution < -0.4 is 5.73 Å². The van der Waals surface area contributed by atoms with Crippen LogP contribution in [0.4, 0.5) is 10.1 Å². The molecule has 3 nitrogen and oxygen atoms in total. The van der Waals surface area contributed by atoms with Gasteiger partial charge in [-0.2, -0.15) is 0 Å². The Hall–Kier alpha value is -1.40. The zero-order valence-corrected chi connectivity index (χ0v) is 13.5. The Morgan fingerprint density at radius 1 is 1.15 bits per heavy atom. The van der Waals surface area contributed by atoms with E-state index in [1.165, 1.54) is 12.1 Å². The predicted octanol–water partition coefficient (Wildman–Crippen LogP) is 5.05. The summed E-state index contributed by atoms with van der Waals surface area (Å²) in [6.07, 6.45) is 0. The highest BCUT2D eigenvalue weighted by Gasteiger charge is 2.18. The van der Waals surface area contributed by atoms with Crippen molar-refractivity contribution < 1.29 is 8.81 Å². The molecular weight excluding hydrogens is 391 g/mol. The number of nitrogen functional groups attached to an aromatic ring is 1. The van der Waals surface area contributed by atoms with E-state index in [1.54, 1.807) is 12.1 Å². The maximum absolute atomic E-state index is 13.0. The van der Waals surface area contributed by atoms with Gasteiger partial charge in [-0.15, -0.1) is 0 Å². The number of hydrogen-bond donors (Lipinski definition) is 1. The van der Waals surface area contributed by atoms with Crippen molar-refractivity contribution >= 4 is 48.6 Å². The molecule has 2 aromatic carbocycles. The predicted molar refractivity (Wildman–Crippen MR) is 84.0 cm³/mol. The minimum atomic E-state index is -0.297. The molecule has 1 aromatic heterocycles. The van der Waals surface area contributed by atoms with Gasteiger partial charge in [-0.1, -0.05) is 0 Å². The second kappa shape index (κ2) is 4.86. The third-order valence-electron chi connectivity index (χ3n) is 3.07. The number of aryl methyl sites for hydroxylation is 1. The average Bonchev–Trinajstić information content (AvgIpc) is 2.89. The lowest BCUT2D eigenvalue weighted by Gasteiger charge is -2.05. The topological polar surface area (TPSA) is 52.0 Å². The van der Waals surface area contributed by atoms with E-state index in [4.69, 9.17) is 10.2 Å². The molecule has 0 aliphatic carbocycles. The maximum Gasteiger partial charge on any atom is 0.227 e. The van der Waals surface area contributed by atoms with E-state index in [2.05, 4.69) is 36.8 Å². The third kappa shape index (κ3) is 2.03. The van der Waals surface area contributed by atoms with Gasteiger partial charge in [0.1, 0.15) is 11.3 Å². The second-order valence-electron chi connectivity index (χ2n) is 4.37. The monoisotopic (exact) mass is 398 g/mol. The standard InChI is InChI=1S/C14H9Br2FN2O/c1-6-9(15)11(18)10(16)12-13(6)20-14(19-12)7-2-4-8(17)5-3-7/h2-5H,18H2,1H3. The fourth-order valence-corrected chi connectivity index (χ4v) is 3.08. The summed E-state index contributed by atoms with van der Waals surface area (Å²) < 4.78 is 20.2. The van der Waals surface area contributed by atoms with Gasteiger partial charge in [-0.3, -0.25) is 0 Å². The van der Waals surface area contributed by atoms with Crippen LogP contribution in [0.25, 0.3) is 22.6 Å². The number of aromatic nitrogens is 1. The first-order valence-corrected chi connectivity index (χ1v) is 7.37. The van der Waals surface area contributed by atoms with Gasteiger partial charge < -0.3 is 10.2 Å². The summed E-state index contributed by atoms with van der Waals surface area (Å²) >= 11 is 6.86. The number of hydrogen-bond acceptors (Lipinski definition) is 3. The number of rotatable bonds is 1. The van der Waals surface area contributed by atoms with Crippen molar-refractivity contribution in [2.75, 3.05) is 5.73 Å². The Morgan fingerprint density at radius 2 is 1.80 bits per heavy atom. The Labute approximate surface area is 131 Å². The van der Waals surface area contributed by atoms with Gasteiger partial charge in [0.05, 0.1) is 10.2 Å². The van der Waals surface area contributed by atoms with Crippen LogP contribution >= 0.6 is 31.9 Å². The highest BCUT2D eigenvalue weighted by molar-refractivity contribution is 9.11. The van der Waals surface area contributed by atoms with E-state index in [9.17, 15) is 4.39 Å². The number of fused-ring (bicyclic) bond motifs is 1. The van der Waals surface area contributed by atoms with Gasteiger partial charge >= 0.3 is 0 Å². The van der Waals surface area contributed by atoms with E-state index in [-0.39, 0.29) is 5.82 Å². The molecular formula is C14H9Br2FN2O. The number of nitrogens with zero attached hydrogens (tertiary/aromatic N) is 1. The quantitative estimate of drug-likeness (QED) is 0.582. The molecule has 3 aromatic rings. The van der Waals surface area contributed by atoms with E-state index in [0.29, 0.717) is 32.7 Å². The number of anilines is 1. The van der Waals surface area contributed by atoms with Gasteiger partial charge in [-0.25, -0.2) is 9.37 Å². The van der Waals surface area contributed by atoms with Crippen LogP contribution in [0, 0.1) is 12.7 Å². The Balaban J connectivity index is 2.28. The van der Waals surface area contributed by atoms with Gasteiger partial charge in [-0.05, 0) is 63.0 Å². The largest absolute Gasteiger partial charge is 0.436 e. The van der Waals surface area contributed by atoms with Crippen molar-refractivity contribution in [1.82, 2.24) is 4.98 Å². The van der Waals surface area contributed by atoms with Crippen molar-refractivity contribution in [3.05, 3.63) is 44.6 Å². The molecule has 102 valence electrons. The molecule has 0 bridgehead atoms. The lowest BCUT2D eigenvalue weighted by Crippen LogP contribution is -1.92. The number of nitrogens with two attached hydrogens (primary N) is 1. The number of oxazole rings is 1. The Kier molecular flexibility index (Phi) is 3.30. The molecule has 0 aliphatic heterocycles. The molecule has 6 heteroatoms. The van der Waals surface area contributed by atoms with Gasteiger partial charge in [0.2, 0.25) is 5.89 Å². The molecule has 2 N–H and O–H groups in total. The summed E-state index contributed by atoms with van der Waals surface area (Å²) in [4.78, 5) is 4.44. The molecule has 0 aliphatic rings. The SMILES string of the molecule is Cc1c(Br)c(N)c(Br)c2nc(-c3ccc(F)cc3)oc12. The van der Waals surface area contributed by atoms with E-state index < -0.39 is 0 Å². The first kappa shape index (κ1) is 13.6. The van der Waals surface area contributed by atoms with Crippen molar-refractivity contribution in [2.24, 2.45) is 0 Å². The van der Waals surface area contributed by atoms with Crippen LogP contribution in [0.2, 0.25) is 0 Å². The summed E-state index contributed by atoms with van der Waals surface area (Å²) in [6.45, 7) is 1.90. The summed E-state index contributed by atoms with van der Waals surface area (Å²) in [5.74, 6) is 0.135. The molecule has 20 heavy (non-hydrogen) atoms. The molecule has 1 heterocycles. The lowest BCUT2D eigenvalue weighted by molar-refractivity contribution is 0.614. The molecule has 3 rings (SSSR count). The zero-order valence-electron chi connectivity index (χ0n) is 10.4. The van der Waals surface area contributed by atoms with Crippen molar-refractivity contribution in [1.29, 1.82) is 0 Å². The molecule has 0 saturated heterocycles. The van der Waals surface area contributed by atoms with Crippen LogP contribution in [-0.2, 0) is 0 Å². The average molecular weight is 400 g/mol. The van der Waals surface area contributed by atoms with Crippen molar-refractivity contribution in [3.63, 3.8) is 0 Å². The van der Waals surface area contributed by atoms with E-state index >= 15 is 0 Å². The zero-order chi connectivity index (χ0) is 14.4. The van der Waals surface area contributed by atoms with Crippen LogP contribution in [0.3, 0.4) is 0 Å². The van der Waals surface area contributed by atoms with Crippen molar-refractivity contribution in [3.8, 4) is 11.5 Å². The fraction of sp³-hybridized carbons (Fsp3) is 0.0714. The number of benzene rings is 2. The van der Waals surface area contributed by atoms with Gasteiger partial charge in [0.15, 0.2) is 5.58 Å². The Bertz CT molecular complexity index is 767. The molecule has 0 unspecified atom stereocenters. The van der Waals surface area contributed by atoms with Gasteiger partial charge in [0.25, 0.3) is 0 Å². The summed E-state index contributed by atoms with van der Waals surface area (Å²) in [7, 11) is 0. The van der Waals surface area contributed by atoms with E-state index in [1.807, 2.05) is 6.92 Å². The van der Waals surface area contributed by atoms with Crippen molar-refractivity contribution in [2.45, 2.75) is 6.92 Å². The third-order valence-corrected chi connectivity index (χ3v) is 4.89. The van der Waals surface area contributed by atoms with Gasteiger partial charge in [0, 0.05) is 15.6 Å². The van der Waals surface area contributed by atoms with Crippen LogP contribution in [0.1, 0.15) is 5.56 Å². The highest BCUT2D eigenvalue weighted by atomic mass is 79.9. The first-order valence-electron chi connectivity index (χ1n) is 5.78. The van der Waals surface area contributed by atoms with Crippen LogP contribution in [0.15, 0.2) is 37.6 Å². The molecule has 0 saturated carbocycles. The second-order valence-corrected chi connectivity index (χ2v) is 5.96. The maximum atomic E-state index is 13.0. The fourth-order valence-electron chi connectivity index (χ4n) is 1.96. The summed E-state index contributed by atoms with van der Waals surface area (Å²) in [6, 6.07) is 6.00. The minimum absolute atomic E-state index is 0.297. The smallest absolute Gasteiger partial charge is 0.227 e. The van der Waals surface area contributed by atoms with Crippen LogP contribution in [0.5, 0.6) is 0 Å². The minimum Gasteiger partial charge on any atom is -0.436 e. The molecule has 0 fully saturated rings. The van der Waals surface area contributed by atoms with E-state index in [0.717, 1.165) is 10.0 Å². The molecule has 0 spiro atoms. The summed E-state index contributed by atoms with van der Waals surface area (Å²) in [5, 5.41) is 0. The highest BCUT2D eigenvalue weighted by Crippen LogP contribution is 2.40. The van der Waals surface area contributed by atoms with Crippen LogP contribution in [-0.4, -0.2) is 4.98 Å². The lowest BCUT2D eigenvalue weighted by atomic mass is 10.2. The molecule has 0 amide bonds. The summed E-state index contributed by atoms with van der Waals surface area (Å²) in [5.41, 5.74) is 9.46. The Morgan fingerprint density at radius 3 is 2.45 bits per heavy atom. The number of halogens is 3. The normalized spacial score (nSPS) is 11.2. The molecule has 0 atom stereocenters. The first-order chi connectivity index (χ1) is 9.49.